The molecule has 0 atom stereocenters. The molecule has 98 valence electrons. The van der Waals surface area contributed by atoms with E-state index in [0.717, 1.165) is 16.7 Å². The summed E-state index contributed by atoms with van der Waals surface area (Å²) in [5.74, 6) is -2.60. The molecule has 0 saturated heterocycles. The van der Waals surface area contributed by atoms with Gasteiger partial charge >= 0.3 is 0 Å². The minimum atomic E-state index is -1.06. The maximum Gasteiger partial charge on any atom is 0.253 e. The van der Waals surface area contributed by atoms with Crippen molar-refractivity contribution in [2.45, 2.75) is 6.54 Å². The van der Waals surface area contributed by atoms with Crippen LogP contribution in [0.25, 0.3) is 0 Å². The van der Waals surface area contributed by atoms with Crippen LogP contribution in [0.1, 0.15) is 0 Å². The molecule has 2 rings (SSSR count). The van der Waals surface area contributed by atoms with Crippen molar-refractivity contribution in [3.8, 4) is 0 Å². The second-order valence-electron chi connectivity index (χ2n) is 3.72. The highest BCUT2D eigenvalue weighted by molar-refractivity contribution is 5.90. The number of nitrogens with zero attached hydrogens (tertiary/aromatic N) is 2. The lowest BCUT2D eigenvalue weighted by Gasteiger charge is -2.06. The topological polar surface area (TPSA) is 64.0 Å². The van der Waals surface area contributed by atoms with Gasteiger partial charge in [0.2, 0.25) is 5.91 Å². The van der Waals surface area contributed by atoms with Gasteiger partial charge < -0.3 is 5.32 Å². The summed E-state index contributed by atoms with van der Waals surface area (Å²) in [7, 11) is 0. The van der Waals surface area contributed by atoms with Crippen molar-refractivity contribution in [3.63, 3.8) is 0 Å². The number of amides is 1. The summed E-state index contributed by atoms with van der Waals surface area (Å²) in [6.07, 6.45) is 2.53. The van der Waals surface area contributed by atoms with E-state index < -0.39 is 17.5 Å². The second kappa shape index (κ2) is 5.38. The number of carbonyl (C=O) groups is 1. The fraction of sp³-hybridized carbons (Fsp3) is 0.0833. The summed E-state index contributed by atoms with van der Waals surface area (Å²) < 4.78 is 26.7. The summed E-state index contributed by atoms with van der Waals surface area (Å²) in [5.41, 5.74) is -0.267. The molecular weight excluding hydrogens is 256 g/mol. The maximum absolute atomic E-state index is 12.9. The summed E-state index contributed by atoms with van der Waals surface area (Å²) in [6, 6.07) is 4.20. The molecule has 1 N–H and O–H groups in total. The van der Waals surface area contributed by atoms with Gasteiger partial charge in [-0.05, 0) is 12.1 Å². The number of aromatic nitrogens is 2. The lowest BCUT2D eigenvalue weighted by atomic mass is 10.3. The quantitative estimate of drug-likeness (QED) is 0.905. The minimum absolute atomic E-state index is 0.112. The van der Waals surface area contributed by atoms with Gasteiger partial charge in [0.05, 0.1) is 6.33 Å². The first-order chi connectivity index (χ1) is 9.06. The largest absolute Gasteiger partial charge is 0.324 e. The van der Waals surface area contributed by atoms with Gasteiger partial charge in [-0.25, -0.2) is 13.8 Å². The Bertz CT molecular complexity index is 670. The van der Waals surface area contributed by atoms with Crippen LogP contribution in [-0.4, -0.2) is 15.5 Å². The molecule has 1 aromatic carbocycles. The zero-order valence-electron chi connectivity index (χ0n) is 9.64. The lowest BCUT2D eigenvalue weighted by molar-refractivity contribution is -0.116. The number of nitrogens with one attached hydrogen (secondary N) is 1. The molecular formula is C12H9F2N3O2. The van der Waals surface area contributed by atoms with Crippen molar-refractivity contribution < 1.29 is 13.6 Å². The number of halogens is 2. The molecule has 0 unspecified atom stereocenters. The first kappa shape index (κ1) is 12.9. The zero-order chi connectivity index (χ0) is 13.8. The van der Waals surface area contributed by atoms with Gasteiger partial charge in [0, 0.05) is 24.0 Å². The Kier molecular flexibility index (Phi) is 3.65. The van der Waals surface area contributed by atoms with Crippen LogP contribution in [0, 0.1) is 11.6 Å². The highest BCUT2D eigenvalue weighted by Crippen LogP contribution is 2.12. The van der Waals surface area contributed by atoms with Gasteiger partial charge in [0.1, 0.15) is 6.54 Å². The van der Waals surface area contributed by atoms with E-state index >= 15 is 0 Å². The highest BCUT2D eigenvalue weighted by Gasteiger charge is 2.07. The average Bonchev–Trinajstić information content (AvgIpc) is 2.37. The van der Waals surface area contributed by atoms with Crippen LogP contribution in [-0.2, 0) is 11.3 Å². The molecule has 0 aliphatic carbocycles. The summed E-state index contributed by atoms with van der Waals surface area (Å²) in [5, 5.41) is 2.35. The molecule has 0 saturated carbocycles. The van der Waals surface area contributed by atoms with Crippen molar-refractivity contribution in [1.82, 2.24) is 9.55 Å². The molecule has 1 amide bonds. The SMILES string of the molecule is O=C(Cn1cnccc1=O)Nc1ccc(F)c(F)c1. The Morgan fingerprint density at radius 3 is 2.74 bits per heavy atom. The van der Waals surface area contributed by atoms with E-state index in [1.807, 2.05) is 0 Å². The summed E-state index contributed by atoms with van der Waals surface area (Å²) >= 11 is 0. The highest BCUT2D eigenvalue weighted by atomic mass is 19.2. The van der Waals surface area contributed by atoms with E-state index in [9.17, 15) is 18.4 Å². The molecule has 5 nitrogen and oxygen atoms in total. The Hall–Kier alpha value is -2.57. The zero-order valence-corrected chi connectivity index (χ0v) is 9.64. The molecule has 1 heterocycles. The third kappa shape index (κ3) is 3.21. The van der Waals surface area contributed by atoms with Crippen molar-refractivity contribution in [2.75, 3.05) is 5.32 Å². The molecule has 7 heteroatoms. The Morgan fingerprint density at radius 2 is 2.05 bits per heavy atom. The van der Waals surface area contributed by atoms with Gasteiger partial charge in [-0.3, -0.25) is 14.2 Å². The molecule has 0 spiro atoms. The van der Waals surface area contributed by atoms with Crippen molar-refractivity contribution in [2.24, 2.45) is 0 Å². The molecule has 1 aromatic heterocycles. The second-order valence-corrected chi connectivity index (χ2v) is 3.72. The van der Waals surface area contributed by atoms with E-state index in [1.54, 1.807) is 0 Å². The van der Waals surface area contributed by atoms with E-state index in [1.165, 1.54) is 24.7 Å². The molecule has 0 aliphatic rings. The predicted octanol–water partition coefficient (Wildman–Crippen LogP) is 1.16. The first-order valence-electron chi connectivity index (χ1n) is 5.31. The number of anilines is 1. The minimum Gasteiger partial charge on any atom is -0.324 e. The smallest absolute Gasteiger partial charge is 0.253 e. The first-order valence-corrected chi connectivity index (χ1v) is 5.31. The third-order valence-electron chi connectivity index (χ3n) is 2.31. The van der Waals surface area contributed by atoms with Crippen LogP contribution in [0.2, 0.25) is 0 Å². The third-order valence-corrected chi connectivity index (χ3v) is 2.31. The van der Waals surface area contributed by atoms with E-state index in [-0.39, 0.29) is 17.8 Å². The van der Waals surface area contributed by atoms with Crippen LogP contribution in [0.15, 0.2) is 41.6 Å². The Balaban J connectivity index is 2.08. The van der Waals surface area contributed by atoms with Gasteiger partial charge in [0.15, 0.2) is 11.6 Å². The van der Waals surface area contributed by atoms with Gasteiger partial charge in [0.25, 0.3) is 5.56 Å². The standard InChI is InChI=1S/C12H9F2N3O2/c13-9-2-1-8(5-10(9)14)16-11(18)6-17-7-15-4-3-12(17)19/h1-5,7H,6H2,(H,16,18). The van der Waals surface area contributed by atoms with Crippen molar-refractivity contribution >= 4 is 11.6 Å². The molecule has 2 aromatic rings. The summed E-state index contributed by atoms with van der Waals surface area (Å²) in [6.45, 7) is -0.258. The average molecular weight is 265 g/mol. The van der Waals surface area contributed by atoms with Crippen LogP contribution < -0.4 is 10.9 Å². The van der Waals surface area contributed by atoms with Gasteiger partial charge in [-0.2, -0.15) is 0 Å². The monoisotopic (exact) mass is 265 g/mol. The molecule has 0 aliphatic heterocycles. The van der Waals surface area contributed by atoms with Crippen molar-refractivity contribution in [1.29, 1.82) is 0 Å². The molecule has 19 heavy (non-hydrogen) atoms. The van der Waals surface area contributed by atoms with E-state index in [4.69, 9.17) is 0 Å². The Morgan fingerprint density at radius 1 is 1.26 bits per heavy atom. The number of benzene rings is 1. The van der Waals surface area contributed by atoms with E-state index in [0.29, 0.717) is 0 Å². The molecule has 0 fully saturated rings. The van der Waals surface area contributed by atoms with Crippen LogP contribution in [0.3, 0.4) is 0 Å². The lowest BCUT2D eigenvalue weighted by Crippen LogP contribution is -2.27. The maximum atomic E-state index is 12.9. The number of hydrogen-bond donors (Lipinski definition) is 1. The normalized spacial score (nSPS) is 10.2. The predicted molar refractivity (Wildman–Crippen MR) is 63.5 cm³/mol. The van der Waals surface area contributed by atoms with Crippen LogP contribution >= 0.6 is 0 Å². The van der Waals surface area contributed by atoms with Crippen LogP contribution in [0.4, 0.5) is 14.5 Å². The molecule has 0 radical (unpaired) electrons. The van der Waals surface area contributed by atoms with Crippen LogP contribution in [0.5, 0.6) is 0 Å². The van der Waals surface area contributed by atoms with Crippen molar-refractivity contribution in [3.05, 3.63) is 58.8 Å². The van der Waals surface area contributed by atoms with Gasteiger partial charge in [-0.1, -0.05) is 0 Å². The fourth-order valence-corrected chi connectivity index (χ4v) is 1.43. The number of rotatable bonds is 3. The number of hydrogen-bond acceptors (Lipinski definition) is 3. The number of carbonyl (C=O) groups excluding carboxylic acids is 1. The fourth-order valence-electron chi connectivity index (χ4n) is 1.43. The Labute approximate surface area is 106 Å². The molecule has 0 bridgehead atoms. The van der Waals surface area contributed by atoms with E-state index in [2.05, 4.69) is 10.3 Å². The summed E-state index contributed by atoms with van der Waals surface area (Å²) in [4.78, 5) is 26.7. The van der Waals surface area contributed by atoms with Gasteiger partial charge in [-0.15, -0.1) is 0 Å².